The molecule has 19 heavy (non-hydrogen) atoms. The second-order valence-corrected chi connectivity index (χ2v) is 4.10. The van der Waals surface area contributed by atoms with E-state index >= 15 is 0 Å². The molecule has 0 unspecified atom stereocenters. The molecule has 0 spiro atoms. The van der Waals surface area contributed by atoms with Crippen molar-refractivity contribution < 1.29 is 10.0 Å². The van der Waals surface area contributed by atoms with Gasteiger partial charge in [0.05, 0.1) is 10.6 Å². The zero-order valence-corrected chi connectivity index (χ0v) is 10.3. The maximum absolute atomic E-state index is 10.9. The van der Waals surface area contributed by atoms with Crippen molar-refractivity contribution in [2.75, 3.05) is 11.1 Å². The molecule has 0 aromatic heterocycles. The van der Waals surface area contributed by atoms with E-state index in [1.54, 1.807) is 13.0 Å². The summed E-state index contributed by atoms with van der Waals surface area (Å²) >= 11 is 0. The first-order valence-electron chi connectivity index (χ1n) is 5.59. The molecule has 2 aromatic rings. The Hall–Kier alpha value is -2.76. The third-order valence-corrected chi connectivity index (χ3v) is 2.74. The number of aromatic hydroxyl groups is 1. The molecule has 2 rings (SSSR count). The van der Waals surface area contributed by atoms with Crippen molar-refractivity contribution in [3.05, 3.63) is 52.1 Å². The van der Waals surface area contributed by atoms with Crippen molar-refractivity contribution in [2.45, 2.75) is 6.92 Å². The molecule has 6 heteroatoms. The summed E-state index contributed by atoms with van der Waals surface area (Å²) in [7, 11) is 0. The highest BCUT2D eigenvalue weighted by molar-refractivity contribution is 5.84. The van der Waals surface area contributed by atoms with Crippen molar-refractivity contribution in [1.82, 2.24) is 0 Å². The Morgan fingerprint density at radius 2 is 1.95 bits per heavy atom. The molecule has 0 saturated heterocycles. The number of para-hydroxylation sites is 1. The molecule has 4 N–H and O–H groups in total. The lowest BCUT2D eigenvalue weighted by atomic mass is 10.1. The first-order chi connectivity index (χ1) is 9.00. The molecule has 0 aliphatic heterocycles. The zero-order chi connectivity index (χ0) is 14.0. The second kappa shape index (κ2) is 4.85. The molecule has 0 aliphatic carbocycles. The average molecular weight is 259 g/mol. The van der Waals surface area contributed by atoms with Gasteiger partial charge >= 0.3 is 5.69 Å². The van der Waals surface area contributed by atoms with Crippen LogP contribution in [-0.4, -0.2) is 10.0 Å². The largest absolute Gasteiger partial charge is 0.502 e. The number of anilines is 3. The number of rotatable bonds is 3. The summed E-state index contributed by atoms with van der Waals surface area (Å²) in [6, 6.07) is 10.7. The van der Waals surface area contributed by atoms with Gasteiger partial charge in [-0.2, -0.15) is 0 Å². The van der Waals surface area contributed by atoms with Gasteiger partial charge in [-0.15, -0.1) is 0 Å². The topological polar surface area (TPSA) is 101 Å². The molecule has 2 aromatic carbocycles. The van der Waals surface area contributed by atoms with Gasteiger partial charge in [0.2, 0.25) is 0 Å². The SMILES string of the molecule is Cc1cc(Nc2ccccc2)c(N)c([N+](=O)[O-])c1O. The predicted molar refractivity (Wildman–Crippen MR) is 73.6 cm³/mol. The second-order valence-electron chi connectivity index (χ2n) is 4.10. The van der Waals surface area contributed by atoms with Crippen LogP contribution in [0.1, 0.15) is 5.56 Å². The standard InChI is InChI=1S/C13H13N3O3/c1-8-7-10(15-9-5-3-2-4-6-9)11(14)12(13(8)17)16(18)19/h2-7,15,17H,14H2,1H3. The minimum absolute atomic E-state index is 0.0862. The van der Waals surface area contributed by atoms with E-state index in [-0.39, 0.29) is 5.69 Å². The number of nitrogens with zero attached hydrogens (tertiary/aromatic N) is 1. The maximum Gasteiger partial charge on any atom is 0.335 e. The number of hydrogen-bond acceptors (Lipinski definition) is 5. The fourth-order valence-corrected chi connectivity index (χ4v) is 1.77. The van der Waals surface area contributed by atoms with Crippen LogP contribution in [0.2, 0.25) is 0 Å². The number of nitro benzene ring substituents is 1. The average Bonchev–Trinajstić information content (AvgIpc) is 2.37. The molecule has 0 bridgehead atoms. The zero-order valence-electron chi connectivity index (χ0n) is 10.3. The first kappa shape index (κ1) is 12.7. The third kappa shape index (κ3) is 2.42. The van der Waals surface area contributed by atoms with E-state index in [2.05, 4.69) is 5.32 Å². The Labute approximate surface area is 109 Å². The van der Waals surface area contributed by atoms with Crippen molar-refractivity contribution in [3.63, 3.8) is 0 Å². The summed E-state index contributed by atoms with van der Waals surface area (Å²) in [6.45, 7) is 1.58. The van der Waals surface area contributed by atoms with Crippen LogP contribution in [0, 0.1) is 17.0 Å². The van der Waals surface area contributed by atoms with Gasteiger partial charge in [-0.05, 0) is 25.1 Å². The minimum atomic E-state index is -0.687. The van der Waals surface area contributed by atoms with E-state index in [4.69, 9.17) is 5.73 Å². The molecule has 0 atom stereocenters. The molecule has 0 amide bonds. The van der Waals surface area contributed by atoms with Crippen molar-refractivity contribution in [1.29, 1.82) is 0 Å². The quantitative estimate of drug-likeness (QED) is 0.340. The van der Waals surface area contributed by atoms with Gasteiger partial charge in [0.25, 0.3) is 0 Å². The molecule has 0 saturated carbocycles. The van der Waals surface area contributed by atoms with Crippen LogP contribution in [-0.2, 0) is 0 Å². The fourth-order valence-electron chi connectivity index (χ4n) is 1.77. The van der Waals surface area contributed by atoms with E-state index < -0.39 is 16.4 Å². The molecule has 0 fully saturated rings. The Bertz CT molecular complexity index is 627. The van der Waals surface area contributed by atoms with E-state index in [1.807, 2.05) is 30.3 Å². The molecular formula is C13H13N3O3. The maximum atomic E-state index is 10.9. The molecular weight excluding hydrogens is 246 g/mol. The number of hydrogen-bond donors (Lipinski definition) is 3. The molecule has 0 heterocycles. The van der Waals surface area contributed by atoms with E-state index in [1.165, 1.54) is 0 Å². The number of phenols is 1. The van der Waals surface area contributed by atoms with Gasteiger partial charge in [0.15, 0.2) is 5.75 Å². The summed E-state index contributed by atoms with van der Waals surface area (Å²) in [5.74, 6) is -0.402. The van der Waals surface area contributed by atoms with Crippen LogP contribution < -0.4 is 11.1 Å². The summed E-state index contributed by atoms with van der Waals surface area (Å²) in [5, 5.41) is 23.6. The van der Waals surface area contributed by atoms with Crippen LogP contribution in [0.5, 0.6) is 5.75 Å². The first-order valence-corrected chi connectivity index (χ1v) is 5.59. The highest BCUT2D eigenvalue weighted by Crippen LogP contribution is 2.41. The van der Waals surface area contributed by atoms with E-state index in [0.717, 1.165) is 5.69 Å². The number of nitrogens with two attached hydrogens (primary N) is 1. The number of nitrogens with one attached hydrogen (secondary N) is 1. The van der Waals surface area contributed by atoms with Crippen molar-refractivity contribution in [2.24, 2.45) is 0 Å². The van der Waals surface area contributed by atoms with Gasteiger partial charge in [-0.25, -0.2) is 0 Å². The van der Waals surface area contributed by atoms with E-state index in [9.17, 15) is 15.2 Å². The molecule has 98 valence electrons. The smallest absolute Gasteiger partial charge is 0.335 e. The number of phenolic OH excluding ortho intramolecular Hbond substituents is 1. The van der Waals surface area contributed by atoms with Crippen molar-refractivity contribution >= 4 is 22.7 Å². The lowest BCUT2D eigenvalue weighted by Gasteiger charge is -2.12. The van der Waals surface area contributed by atoms with Crippen LogP contribution in [0.3, 0.4) is 0 Å². The third-order valence-electron chi connectivity index (χ3n) is 2.74. The fraction of sp³-hybridized carbons (Fsp3) is 0.0769. The summed E-state index contributed by atoms with van der Waals surface area (Å²) in [4.78, 5) is 10.3. The number of nitrogen functional groups attached to an aromatic ring is 1. The Morgan fingerprint density at radius 3 is 2.53 bits per heavy atom. The number of nitro groups is 1. The number of aryl methyl sites for hydroxylation is 1. The van der Waals surface area contributed by atoms with Crippen LogP contribution in [0.25, 0.3) is 0 Å². The minimum Gasteiger partial charge on any atom is -0.502 e. The normalized spacial score (nSPS) is 10.2. The Morgan fingerprint density at radius 1 is 1.32 bits per heavy atom. The molecule has 6 nitrogen and oxygen atoms in total. The lowest BCUT2D eigenvalue weighted by molar-refractivity contribution is -0.384. The van der Waals surface area contributed by atoms with Crippen LogP contribution in [0.4, 0.5) is 22.7 Å². The molecule has 0 aliphatic rings. The lowest BCUT2D eigenvalue weighted by Crippen LogP contribution is -2.02. The van der Waals surface area contributed by atoms with Gasteiger partial charge in [-0.3, -0.25) is 10.1 Å². The van der Waals surface area contributed by atoms with E-state index in [0.29, 0.717) is 11.3 Å². The van der Waals surface area contributed by atoms with Gasteiger partial charge in [-0.1, -0.05) is 18.2 Å². The highest BCUT2D eigenvalue weighted by atomic mass is 16.6. The monoisotopic (exact) mass is 259 g/mol. The van der Waals surface area contributed by atoms with Crippen LogP contribution >= 0.6 is 0 Å². The van der Waals surface area contributed by atoms with Gasteiger partial charge in [0, 0.05) is 11.3 Å². The van der Waals surface area contributed by atoms with Gasteiger partial charge < -0.3 is 16.2 Å². The Balaban J connectivity index is 2.50. The summed E-state index contributed by atoms with van der Waals surface area (Å²) < 4.78 is 0. The van der Waals surface area contributed by atoms with Crippen LogP contribution in [0.15, 0.2) is 36.4 Å². The number of benzene rings is 2. The highest BCUT2D eigenvalue weighted by Gasteiger charge is 2.23. The predicted octanol–water partition coefficient (Wildman–Crippen LogP) is 2.93. The van der Waals surface area contributed by atoms with Crippen molar-refractivity contribution in [3.8, 4) is 5.75 Å². The molecule has 0 radical (unpaired) electrons. The Kier molecular flexibility index (Phi) is 3.24. The van der Waals surface area contributed by atoms with Gasteiger partial charge in [0.1, 0.15) is 5.69 Å². The summed E-state index contributed by atoms with van der Waals surface area (Å²) in [5.41, 5.74) is 6.72. The summed E-state index contributed by atoms with van der Waals surface area (Å²) in [6.07, 6.45) is 0.